The molecule has 0 saturated heterocycles. The van der Waals surface area contributed by atoms with Crippen LogP contribution in [0, 0.1) is 0 Å². The molecule has 0 atom stereocenters. The Hall–Kier alpha value is -2.14. The summed E-state index contributed by atoms with van der Waals surface area (Å²) in [5.41, 5.74) is 1.21. The van der Waals surface area contributed by atoms with Crippen LogP contribution in [0.3, 0.4) is 0 Å². The Bertz CT molecular complexity index is 639. The van der Waals surface area contributed by atoms with Crippen LogP contribution in [0.2, 0.25) is 0 Å². The number of ether oxygens (including phenoxy) is 2. The number of fused-ring (bicyclic) bond motifs is 1. The minimum Gasteiger partial charge on any atom is -0.481 e. The molecule has 5 nitrogen and oxygen atoms in total. The highest BCUT2D eigenvalue weighted by atomic mass is 16.5. The van der Waals surface area contributed by atoms with Gasteiger partial charge in [-0.15, -0.1) is 0 Å². The highest BCUT2D eigenvalue weighted by Gasteiger charge is 2.15. The zero-order valence-corrected chi connectivity index (χ0v) is 13.3. The molecule has 0 aliphatic carbocycles. The van der Waals surface area contributed by atoms with Crippen molar-refractivity contribution in [3.63, 3.8) is 0 Å². The second kappa shape index (κ2) is 7.75. The van der Waals surface area contributed by atoms with Crippen LogP contribution in [-0.4, -0.2) is 49.2 Å². The zero-order chi connectivity index (χ0) is 15.9. The summed E-state index contributed by atoms with van der Waals surface area (Å²) in [4.78, 5) is 18.9. The summed E-state index contributed by atoms with van der Waals surface area (Å²) >= 11 is 0. The Morgan fingerprint density at radius 3 is 2.64 bits per heavy atom. The summed E-state index contributed by atoms with van der Waals surface area (Å²) in [5, 5.41) is 0.774. The van der Waals surface area contributed by atoms with Crippen molar-refractivity contribution in [1.82, 2.24) is 9.88 Å². The fraction of sp³-hybridized carbons (Fsp3) is 0.412. The Morgan fingerprint density at radius 1 is 1.23 bits per heavy atom. The van der Waals surface area contributed by atoms with Gasteiger partial charge in [-0.3, -0.25) is 0 Å². The predicted octanol–water partition coefficient (Wildman–Crippen LogP) is 2.74. The van der Waals surface area contributed by atoms with Gasteiger partial charge in [0.05, 0.1) is 18.2 Å². The van der Waals surface area contributed by atoms with Crippen LogP contribution in [0.5, 0.6) is 5.88 Å². The van der Waals surface area contributed by atoms with Gasteiger partial charge in [-0.1, -0.05) is 32.0 Å². The number of nitrogens with zero attached hydrogens (tertiary/aromatic N) is 2. The van der Waals surface area contributed by atoms with Crippen molar-refractivity contribution < 1.29 is 14.3 Å². The first-order chi connectivity index (χ1) is 10.7. The molecule has 0 fully saturated rings. The Morgan fingerprint density at radius 2 is 1.95 bits per heavy atom. The van der Waals surface area contributed by atoms with E-state index in [0.717, 1.165) is 30.5 Å². The van der Waals surface area contributed by atoms with Crippen molar-refractivity contribution in [2.45, 2.75) is 13.8 Å². The third-order valence-electron chi connectivity index (χ3n) is 3.66. The lowest BCUT2D eigenvalue weighted by atomic mass is 10.1. The minimum absolute atomic E-state index is 0.343. The van der Waals surface area contributed by atoms with Gasteiger partial charge in [0.1, 0.15) is 6.61 Å². The maximum absolute atomic E-state index is 12.4. The molecule has 0 aliphatic heterocycles. The average Bonchev–Trinajstić information content (AvgIpc) is 2.57. The molecule has 2 rings (SSSR count). The number of rotatable bonds is 7. The summed E-state index contributed by atoms with van der Waals surface area (Å²) in [6.07, 6.45) is 0. The monoisotopic (exact) mass is 302 g/mol. The van der Waals surface area contributed by atoms with Crippen molar-refractivity contribution in [3.8, 4) is 5.88 Å². The van der Waals surface area contributed by atoms with E-state index in [2.05, 4.69) is 23.7 Å². The van der Waals surface area contributed by atoms with Crippen molar-refractivity contribution in [2.75, 3.05) is 33.4 Å². The lowest BCUT2D eigenvalue weighted by Gasteiger charge is -2.17. The van der Waals surface area contributed by atoms with Gasteiger partial charge in [0.2, 0.25) is 5.88 Å². The van der Waals surface area contributed by atoms with E-state index < -0.39 is 0 Å². The lowest BCUT2D eigenvalue weighted by Crippen LogP contribution is -2.28. The van der Waals surface area contributed by atoms with Crippen molar-refractivity contribution in [1.29, 1.82) is 0 Å². The van der Waals surface area contributed by atoms with Gasteiger partial charge in [0.15, 0.2) is 0 Å². The van der Waals surface area contributed by atoms with Crippen LogP contribution < -0.4 is 4.74 Å². The molecule has 1 heterocycles. The molecule has 0 N–H and O–H groups in total. The molecule has 0 amide bonds. The maximum atomic E-state index is 12.4. The van der Waals surface area contributed by atoms with Crippen LogP contribution >= 0.6 is 0 Å². The van der Waals surface area contributed by atoms with Crippen molar-refractivity contribution in [3.05, 3.63) is 35.9 Å². The highest BCUT2D eigenvalue weighted by molar-refractivity contribution is 6.03. The van der Waals surface area contributed by atoms with E-state index in [1.165, 1.54) is 7.11 Å². The predicted molar refractivity (Wildman–Crippen MR) is 86.4 cm³/mol. The second-order valence-corrected chi connectivity index (χ2v) is 4.89. The molecule has 5 heteroatoms. The smallest absolute Gasteiger partial charge is 0.339 e. The first kappa shape index (κ1) is 16.2. The molecule has 1 aromatic carbocycles. The van der Waals surface area contributed by atoms with Crippen LogP contribution in [-0.2, 0) is 4.74 Å². The Labute approximate surface area is 130 Å². The van der Waals surface area contributed by atoms with E-state index in [1.807, 2.05) is 24.3 Å². The number of pyridine rings is 1. The topological polar surface area (TPSA) is 51.7 Å². The van der Waals surface area contributed by atoms with Crippen molar-refractivity contribution in [2.24, 2.45) is 0 Å². The second-order valence-electron chi connectivity index (χ2n) is 4.89. The number of hydrogen-bond donors (Lipinski definition) is 0. The molecule has 0 spiro atoms. The van der Waals surface area contributed by atoms with Crippen LogP contribution in [0.1, 0.15) is 24.2 Å². The van der Waals surface area contributed by atoms with Crippen LogP contribution in [0.25, 0.3) is 10.9 Å². The number of benzene rings is 1. The first-order valence-electron chi connectivity index (χ1n) is 7.52. The number of para-hydroxylation sites is 1. The molecule has 118 valence electrons. The average molecular weight is 302 g/mol. The van der Waals surface area contributed by atoms with Gasteiger partial charge in [0, 0.05) is 18.0 Å². The fourth-order valence-corrected chi connectivity index (χ4v) is 2.31. The summed E-state index contributed by atoms with van der Waals surface area (Å²) in [7, 11) is 1.53. The van der Waals surface area contributed by atoms with Crippen LogP contribution in [0.15, 0.2) is 30.3 Å². The van der Waals surface area contributed by atoms with Gasteiger partial charge in [-0.25, -0.2) is 9.78 Å². The first-order valence-corrected chi connectivity index (χ1v) is 7.52. The molecular formula is C17H22N2O3. The molecule has 0 bridgehead atoms. The highest BCUT2D eigenvalue weighted by Crippen LogP contribution is 2.22. The van der Waals surface area contributed by atoms with Gasteiger partial charge >= 0.3 is 5.97 Å². The number of methoxy groups -OCH3 is 1. The van der Waals surface area contributed by atoms with E-state index >= 15 is 0 Å². The molecular weight excluding hydrogens is 280 g/mol. The largest absolute Gasteiger partial charge is 0.481 e. The summed E-state index contributed by atoms with van der Waals surface area (Å²) in [5.74, 6) is 0.0680. The summed E-state index contributed by atoms with van der Waals surface area (Å²) in [6.45, 7) is 7.18. The fourth-order valence-electron chi connectivity index (χ4n) is 2.31. The third kappa shape index (κ3) is 3.74. The molecule has 0 saturated carbocycles. The number of likely N-dealkylation sites (N-methyl/N-ethyl adjacent to an activating group) is 1. The van der Waals surface area contributed by atoms with E-state index in [-0.39, 0.29) is 5.97 Å². The minimum atomic E-state index is -0.343. The summed E-state index contributed by atoms with van der Waals surface area (Å²) < 4.78 is 10.6. The number of esters is 1. The number of carbonyl (C=O) groups excluding carboxylic acids is 1. The molecule has 0 unspecified atom stereocenters. The van der Waals surface area contributed by atoms with E-state index in [0.29, 0.717) is 18.1 Å². The molecule has 1 aromatic heterocycles. The van der Waals surface area contributed by atoms with Crippen molar-refractivity contribution >= 4 is 16.9 Å². The van der Waals surface area contributed by atoms with Gasteiger partial charge in [-0.05, 0) is 19.2 Å². The number of carbonyl (C=O) groups is 1. The van der Waals surface area contributed by atoms with E-state index in [1.54, 1.807) is 6.07 Å². The van der Waals surface area contributed by atoms with Gasteiger partial charge < -0.3 is 14.4 Å². The normalized spacial score (nSPS) is 10.9. The SMILES string of the molecule is CCN(CC)CCOC(=O)c1cc(OC)nc2ccccc12. The lowest BCUT2D eigenvalue weighted by molar-refractivity contribution is 0.0468. The van der Waals surface area contributed by atoms with E-state index in [9.17, 15) is 4.79 Å². The Balaban J connectivity index is 2.16. The zero-order valence-electron chi connectivity index (χ0n) is 13.3. The number of aromatic nitrogens is 1. The summed E-state index contributed by atoms with van der Waals surface area (Å²) in [6, 6.07) is 9.10. The molecule has 22 heavy (non-hydrogen) atoms. The van der Waals surface area contributed by atoms with Gasteiger partial charge in [-0.2, -0.15) is 0 Å². The molecule has 0 aliphatic rings. The maximum Gasteiger partial charge on any atom is 0.339 e. The number of hydrogen-bond acceptors (Lipinski definition) is 5. The quantitative estimate of drug-likeness (QED) is 0.736. The molecule has 2 aromatic rings. The van der Waals surface area contributed by atoms with Gasteiger partial charge in [0.25, 0.3) is 0 Å². The van der Waals surface area contributed by atoms with E-state index in [4.69, 9.17) is 9.47 Å². The molecule has 0 radical (unpaired) electrons. The standard InChI is InChI=1S/C17H22N2O3/c1-4-19(5-2)10-11-22-17(20)14-12-16(21-3)18-15-9-7-6-8-13(14)15/h6-9,12H,4-5,10-11H2,1-3H3. The third-order valence-corrected chi connectivity index (χ3v) is 3.66. The Kier molecular flexibility index (Phi) is 5.72. The van der Waals surface area contributed by atoms with Crippen LogP contribution in [0.4, 0.5) is 0 Å².